The van der Waals surface area contributed by atoms with Crippen LogP contribution >= 0.6 is 15.9 Å². The molecule has 0 aliphatic carbocycles. The van der Waals surface area contributed by atoms with Gasteiger partial charge in [0.15, 0.2) is 0 Å². The Kier molecular flexibility index (Phi) is 5.46. The van der Waals surface area contributed by atoms with Gasteiger partial charge in [0.1, 0.15) is 5.92 Å². The van der Waals surface area contributed by atoms with Crippen molar-refractivity contribution in [1.82, 2.24) is 9.88 Å². The Labute approximate surface area is 159 Å². The fourth-order valence-corrected chi connectivity index (χ4v) is 3.46. The van der Waals surface area contributed by atoms with Crippen molar-refractivity contribution in [2.75, 3.05) is 13.2 Å². The van der Waals surface area contributed by atoms with Gasteiger partial charge in [0.25, 0.3) is 5.91 Å². The highest BCUT2D eigenvalue weighted by atomic mass is 79.9. The molecule has 0 N–H and O–H groups in total. The van der Waals surface area contributed by atoms with Crippen LogP contribution in [-0.2, 0) is 14.3 Å². The summed E-state index contributed by atoms with van der Waals surface area (Å²) in [4.78, 5) is 43.2. The summed E-state index contributed by atoms with van der Waals surface area (Å²) >= 11 is 3.27. The van der Waals surface area contributed by atoms with E-state index in [2.05, 4.69) is 20.9 Å². The molecule has 3 rings (SSSR count). The van der Waals surface area contributed by atoms with E-state index >= 15 is 0 Å². The average molecular weight is 417 g/mol. The molecule has 1 saturated heterocycles. The van der Waals surface area contributed by atoms with E-state index in [1.165, 1.54) is 6.20 Å². The number of benzene rings is 1. The second kappa shape index (κ2) is 7.78. The molecule has 6 nitrogen and oxygen atoms in total. The fourth-order valence-electron chi connectivity index (χ4n) is 3.09. The third-order valence-electron chi connectivity index (χ3n) is 4.28. The van der Waals surface area contributed by atoms with Crippen molar-refractivity contribution < 1.29 is 19.1 Å². The molecular formula is C19H17BrN2O4. The lowest BCUT2D eigenvalue weighted by atomic mass is 9.89. The maximum absolute atomic E-state index is 12.9. The lowest BCUT2D eigenvalue weighted by Gasteiger charge is -2.15. The van der Waals surface area contributed by atoms with Gasteiger partial charge in [-0.25, -0.2) is 0 Å². The number of pyridine rings is 1. The third-order valence-corrected chi connectivity index (χ3v) is 4.71. The van der Waals surface area contributed by atoms with Crippen molar-refractivity contribution in [2.45, 2.75) is 12.8 Å². The lowest BCUT2D eigenvalue weighted by Crippen LogP contribution is -2.36. The van der Waals surface area contributed by atoms with Crippen LogP contribution in [0.2, 0.25) is 0 Å². The molecule has 134 valence electrons. The number of ether oxygens (including phenoxy) is 1. The molecule has 1 fully saturated rings. The van der Waals surface area contributed by atoms with Crippen molar-refractivity contribution in [3.8, 4) is 0 Å². The van der Waals surface area contributed by atoms with E-state index in [9.17, 15) is 14.4 Å². The third kappa shape index (κ3) is 3.53. The molecule has 1 aromatic carbocycles. The van der Waals surface area contributed by atoms with Crippen molar-refractivity contribution in [2.24, 2.45) is 5.92 Å². The van der Waals surface area contributed by atoms with E-state index in [0.717, 1.165) is 10.5 Å². The second-order valence-electron chi connectivity index (χ2n) is 5.89. The number of carbonyl (C=O) groups is 3. The first-order chi connectivity index (χ1) is 12.5. The molecule has 2 atom stereocenters. The molecule has 1 aromatic heterocycles. The summed E-state index contributed by atoms with van der Waals surface area (Å²) in [5.41, 5.74) is 1.10. The van der Waals surface area contributed by atoms with E-state index in [0.29, 0.717) is 4.47 Å². The summed E-state index contributed by atoms with van der Waals surface area (Å²) < 4.78 is 5.72. The zero-order valence-electron chi connectivity index (χ0n) is 14.1. The topological polar surface area (TPSA) is 76.6 Å². The average Bonchev–Trinajstić information content (AvgIpc) is 2.99. The lowest BCUT2D eigenvalue weighted by molar-refractivity contribution is -0.152. The summed E-state index contributed by atoms with van der Waals surface area (Å²) in [5.74, 6) is -3.08. The minimum absolute atomic E-state index is 0.123. The van der Waals surface area contributed by atoms with E-state index in [1.54, 1.807) is 19.2 Å². The van der Waals surface area contributed by atoms with Gasteiger partial charge in [-0.2, -0.15) is 0 Å². The predicted molar refractivity (Wildman–Crippen MR) is 97.3 cm³/mol. The normalized spacial score (nSPS) is 19.5. The second-order valence-corrected chi connectivity index (χ2v) is 6.81. The Balaban J connectivity index is 1.94. The van der Waals surface area contributed by atoms with Crippen LogP contribution in [-0.4, -0.2) is 40.8 Å². The number of carbonyl (C=O) groups excluding carboxylic acids is 3. The highest BCUT2D eigenvalue weighted by molar-refractivity contribution is 9.10. The van der Waals surface area contributed by atoms with Crippen LogP contribution in [0.3, 0.4) is 0 Å². The Hall–Kier alpha value is -2.54. The molecule has 2 heterocycles. The van der Waals surface area contributed by atoms with Gasteiger partial charge in [-0.05, 0) is 34.5 Å². The SMILES string of the molecule is CCOC(=O)[C@H]1C(=O)N(C(=O)c2cncc(Br)c2)C[C@@H]1c1ccccc1. The smallest absolute Gasteiger partial charge is 0.319 e. The van der Waals surface area contributed by atoms with E-state index < -0.39 is 29.6 Å². The number of likely N-dealkylation sites (tertiary alicyclic amines) is 1. The molecular weight excluding hydrogens is 400 g/mol. The number of hydrogen-bond donors (Lipinski definition) is 0. The molecule has 7 heteroatoms. The molecule has 2 amide bonds. The number of amides is 2. The van der Waals surface area contributed by atoms with E-state index in [-0.39, 0.29) is 18.7 Å². The molecule has 1 aliphatic heterocycles. The first-order valence-corrected chi connectivity index (χ1v) is 9.00. The minimum Gasteiger partial charge on any atom is -0.465 e. The molecule has 0 radical (unpaired) electrons. The van der Waals surface area contributed by atoms with Crippen molar-refractivity contribution in [3.63, 3.8) is 0 Å². The first-order valence-electron chi connectivity index (χ1n) is 8.20. The molecule has 0 bridgehead atoms. The Morgan fingerprint density at radius 3 is 2.65 bits per heavy atom. The van der Waals surface area contributed by atoms with Gasteiger partial charge in [0.2, 0.25) is 5.91 Å². The summed E-state index contributed by atoms with van der Waals surface area (Å²) in [6.07, 6.45) is 2.95. The zero-order valence-corrected chi connectivity index (χ0v) is 15.7. The number of aromatic nitrogens is 1. The fraction of sp³-hybridized carbons (Fsp3) is 0.263. The first kappa shape index (κ1) is 18.3. The van der Waals surface area contributed by atoms with Gasteiger partial charge in [0.05, 0.1) is 12.2 Å². The molecule has 26 heavy (non-hydrogen) atoms. The minimum atomic E-state index is -1.03. The molecule has 2 aromatic rings. The van der Waals surface area contributed by atoms with Gasteiger partial charge >= 0.3 is 5.97 Å². The monoisotopic (exact) mass is 416 g/mol. The Morgan fingerprint density at radius 1 is 1.27 bits per heavy atom. The van der Waals surface area contributed by atoms with Gasteiger partial charge in [-0.15, -0.1) is 0 Å². The summed E-state index contributed by atoms with van der Waals surface area (Å²) in [6.45, 7) is 1.98. The molecule has 1 aliphatic rings. The zero-order chi connectivity index (χ0) is 18.7. The van der Waals surface area contributed by atoms with Crippen molar-refractivity contribution in [1.29, 1.82) is 0 Å². The van der Waals surface area contributed by atoms with E-state index in [4.69, 9.17) is 4.74 Å². The maximum atomic E-state index is 12.9. The van der Waals surface area contributed by atoms with Crippen LogP contribution in [0.15, 0.2) is 53.3 Å². The van der Waals surface area contributed by atoms with Crippen LogP contribution in [0.4, 0.5) is 0 Å². The quantitative estimate of drug-likeness (QED) is 0.435. The summed E-state index contributed by atoms with van der Waals surface area (Å²) in [6, 6.07) is 10.8. The number of rotatable bonds is 4. The standard InChI is InChI=1S/C19H17BrN2O4/c1-2-26-19(25)16-15(12-6-4-3-5-7-12)11-22(18(16)24)17(23)13-8-14(20)10-21-9-13/h3-10,15-16H,2,11H2,1H3/t15-,16-/m1/s1. The number of nitrogens with zero attached hydrogens (tertiary/aromatic N) is 2. The van der Waals surface area contributed by atoms with Crippen molar-refractivity contribution >= 4 is 33.7 Å². The van der Waals surface area contributed by atoms with Gasteiger partial charge in [0, 0.05) is 29.3 Å². The van der Waals surface area contributed by atoms with Gasteiger partial charge < -0.3 is 4.74 Å². The van der Waals surface area contributed by atoms with E-state index in [1.807, 2.05) is 30.3 Å². The largest absolute Gasteiger partial charge is 0.465 e. The molecule has 0 unspecified atom stereocenters. The molecule has 0 saturated carbocycles. The van der Waals surface area contributed by atoms with Crippen LogP contribution in [0.1, 0.15) is 28.8 Å². The van der Waals surface area contributed by atoms with Crippen molar-refractivity contribution in [3.05, 3.63) is 64.4 Å². The van der Waals surface area contributed by atoms with Crippen LogP contribution in [0.5, 0.6) is 0 Å². The number of imide groups is 1. The molecule has 0 spiro atoms. The van der Waals surface area contributed by atoms with Crippen LogP contribution in [0, 0.1) is 5.92 Å². The Bertz CT molecular complexity index is 840. The number of hydrogen-bond acceptors (Lipinski definition) is 5. The predicted octanol–water partition coefficient (Wildman–Crippen LogP) is 2.79. The number of esters is 1. The van der Waals surface area contributed by atoms with Crippen LogP contribution < -0.4 is 0 Å². The van der Waals surface area contributed by atoms with Gasteiger partial charge in [-0.3, -0.25) is 24.3 Å². The Morgan fingerprint density at radius 2 is 2.00 bits per heavy atom. The highest BCUT2D eigenvalue weighted by Gasteiger charge is 2.48. The van der Waals surface area contributed by atoms with Gasteiger partial charge in [-0.1, -0.05) is 30.3 Å². The number of halogens is 1. The summed E-state index contributed by atoms with van der Waals surface area (Å²) in [7, 11) is 0. The maximum Gasteiger partial charge on any atom is 0.319 e. The highest BCUT2D eigenvalue weighted by Crippen LogP contribution is 2.35. The summed E-state index contributed by atoms with van der Waals surface area (Å²) in [5, 5.41) is 0. The van der Waals surface area contributed by atoms with Crippen LogP contribution in [0.25, 0.3) is 0 Å².